The normalized spacial score (nSPS) is 14.5. The number of ether oxygens (including phenoxy) is 1. The third-order valence-corrected chi connectivity index (χ3v) is 3.27. The van der Waals surface area contributed by atoms with Gasteiger partial charge in [-0.15, -0.1) is 0 Å². The van der Waals surface area contributed by atoms with Crippen molar-refractivity contribution in [3.63, 3.8) is 0 Å². The highest BCUT2D eigenvalue weighted by molar-refractivity contribution is 5.96. The van der Waals surface area contributed by atoms with E-state index in [1.165, 1.54) is 0 Å². The molecule has 7 heteroatoms. The van der Waals surface area contributed by atoms with Crippen molar-refractivity contribution in [1.82, 2.24) is 4.90 Å². The molecule has 1 heterocycles. The number of carbonyl (C=O) groups excluding carboxylic acids is 3. The Labute approximate surface area is 127 Å². The number of hydrogen-bond acceptors (Lipinski definition) is 5. The Morgan fingerprint density at radius 2 is 1.73 bits per heavy atom. The van der Waals surface area contributed by atoms with Crippen LogP contribution in [0.3, 0.4) is 0 Å². The SMILES string of the molecule is O=C([O-])CCC(=O)Nc1ccc(C(=O)N2CCOCC2)cc1. The molecule has 0 saturated carbocycles. The maximum absolute atomic E-state index is 12.2. The van der Waals surface area contributed by atoms with E-state index in [-0.39, 0.29) is 18.7 Å². The molecule has 1 fully saturated rings. The molecule has 0 unspecified atom stereocenters. The van der Waals surface area contributed by atoms with Crippen molar-refractivity contribution < 1.29 is 24.2 Å². The van der Waals surface area contributed by atoms with Crippen LogP contribution in [0.2, 0.25) is 0 Å². The van der Waals surface area contributed by atoms with E-state index in [0.717, 1.165) is 0 Å². The Morgan fingerprint density at radius 3 is 2.32 bits per heavy atom. The van der Waals surface area contributed by atoms with Gasteiger partial charge in [0.25, 0.3) is 5.91 Å². The molecule has 1 N–H and O–H groups in total. The van der Waals surface area contributed by atoms with Gasteiger partial charge in [-0.25, -0.2) is 0 Å². The lowest BCUT2D eigenvalue weighted by Crippen LogP contribution is -2.40. The van der Waals surface area contributed by atoms with Crippen LogP contribution >= 0.6 is 0 Å². The highest BCUT2D eigenvalue weighted by Gasteiger charge is 2.18. The second-order valence-electron chi connectivity index (χ2n) is 4.90. The molecule has 0 aliphatic carbocycles. The molecule has 22 heavy (non-hydrogen) atoms. The lowest BCUT2D eigenvalue weighted by Gasteiger charge is -2.26. The summed E-state index contributed by atoms with van der Waals surface area (Å²) in [4.78, 5) is 35.7. The minimum atomic E-state index is -1.26. The molecule has 1 aromatic carbocycles. The van der Waals surface area contributed by atoms with E-state index in [0.29, 0.717) is 37.6 Å². The number of benzene rings is 1. The Balaban J connectivity index is 1.90. The molecule has 0 bridgehead atoms. The molecule has 0 atom stereocenters. The first-order chi connectivity index (χ1) is 10.6. The van der Waals surface area contributed by atoms with Gasteiger partial charge in [-0.3, -0.25) is 9.59 Å². The van der Waals surface area contributed by atoms with Gasteiger partial charge >= 0.3 is 0 Å². The van der Waals surface area contributed by atoms with Crippen LogP contribution in [0.4, 0.5) is 5.69 Å². The van der Waals surface area contributed by atoms with Crippen molar-refractivity contribution in [2.45, 2.75) is 12.8 Å². The smallest absolute Gasteiger partial charge is 0.254 e. The van der Waals surface area contributed by atoms with Crippen molar-refractivity contribution in [1.29, 1.82) is 0 Å². The number of amides is 2. The first-order valence-corrected chi connectivity index (χ1v) is 7.03. The third kappa shape index (κ3) is 4.56. The van der Waals surface area contributed by atoms with Crippen LogP contribution in [0.15, 0.2) is 24.3 Å². The monoisotopic (exact) mass is 305 g/mol. The predicted molar refractivity (Wildman–Crippen MR) is 76.0 cm³/mol. The van der Waals surface area contributed by atoms with Crippen LogP contribution < -0.4 is 10.4 Å². The van der Waals surface area contributed by atoms with Gasteiger partial charge in [0, 0.05) is 36.7 Å². The van der Waals surface area contributed by atoms with E-state index in [1.807, 2.05) is 0 Å². The Bertz CT molecular complexity index is 550. The quantitative estimate of drug-likeness (QED) is 0.800. The molecule has 1 aromatic rings. The number of carbonyl (C=O) groups is 3. The van der Waals surface area contributed by atoms with Crippen molar-refractivity contribution in [3.05, 3.63) is 29.8 Å². The highest BCUT2D eigenvalue weighted by atomic mass is 16.5. The molecule has 0 spiro atoms. The van der Waals surface area contributed by atoms with Crippen molar-refractivity contribution in [2.75, 3.05) is 31.6 Å². The van der Waals surface area contributed by atoms with Crippen molar-refractivity contribution >= 4 is 23.5 Å². The molecule has 0 aromatic heterocycles. The average molecular weight is 305 g/mol. The number of rotatable bonds is 5. The summed E-state index contributed by atoms with van der Waals surface area (Å²) in [5.41, 5.74) is 1.05. The number of morpholine rings is 1. The van der Waals surface area contributed by atoms with Gasteiger partial charge in [0.1, 0.15) is 0 Å². The zero-order valence-electron chi connectivity index (χ0n) is 12.0. The summed E-state index contributed by atoms with van der Waals surface area (Å²) in [6.07, 6.45) is -0.462. The van der Waals surface area contributed by atoms with Gasteiger partial charge in [-0.1, -0.05) is 0 Å². The molecule has 2 rings (SSSR count). The Kier molecular flexibility index (Phi) is 5.48. The summed E-state index contributed by atoms with van der Waals surface area (Å²) in [6, 6.07) is 6.49. The lowest BCUT2D eigenvalue weighted by molar-refractivity contribution is -0.305. The fraction of sp³-hybridized carbons (Fsp3) is 0.400. The maximum Gasteiger partial charge on any atom is 0.254 e. The van der Waals surface area contributed by atoms with Crippen LogP contribution in [0, 0.1) is 0 Å². The number of anilines is 1. The minimum Gasteiger partial charge on any atom is -0.550 e. The third-order valence-electron chi connectivity index (χ3n) is 3.27. The van der Waals surface area contributed by atoms with Gasteiger partial charge in [0.05, 0.1) is 13.2 Å². The summed E-state index contributed by atoms with van der Waals surface area (Å²) < 4.78 is 5.20. The van der Waals surface area contributed by atoms with E-state index in [2.05, 4.69) is 5.32 Å². The van der Waals surface area contributed by atoms with E-state index in [9.17, 15) is 19.5 Å². The van der Waals surface area contributed by atoms with E-state index in [1.54, 1.807) is 29.2 Å². The fourth-order valence-corrected chi connectivity index (χ4v) is 2.08. The van der Waals surface area contributed by atoms with Crippen molar-refractivity contribution in [2.24, 2.45) is 0 Å². The molecule has 1 aliphatic heterocycles. The molecule has 0 radical (unpaired) electrons. The van der Waals surface area contributed by atoms with Gasteiger partial charge in [0.15, 0.2) is 0 Å². The first-order valence-electron chi connectivity index (χ1n) is 7.03. The number of aliphatic carboxylic acids is 1. The van der Waals surface area contributed by atoms with E-state index >= 15 is 0 Å². The summed E-state index contributed by atoms with van der Waals surface area (Å²) >= 11 is 0. The first kappa shape index (κ1) is 16.0. The molecule has 2 amide bonds. The van der Waals surface area contributed by atoms with Crippen LogP contribution in [-0.2, 0) is 14.3 Å². The second kappa shape index (κ2) is 7.56. The number of hydrogen-bond donors (Lipinski definition) is 1. The standard InChI is InChI=1S/C15H18N2O5/c18-13(5-6-14(19)20)16-12-3-1-11(2-4-12)15(21)17-7-9-22-10-8-17/h1-4H,5-10H2,(H,16,18)(H,19,20)/p-1. The van der Waals surface area contributed by atoms with Gasteiger partial charge in [-0.2, -0.15) is 0 Å². The number of nitrogens with zero attached hydrogens (tertiary/aromatic N) is 1. The highest BCUT2D eigenvalue weighted by Crippen LogP contribution is 2.13. The van der Waals surface area contributed by atoms with Gasteiger partial charge < -0.3 is 24.9 Å². The van der Waals surface area contributed by atoms with Crippen LogP contribution in [-0.4, -0.2) is 49.0 Å². The average Bonchev–Trinajstić information content (AvgIpc) is 2.54. The molecule has 1 saturated heterocycles. The largest absolute Gasteiger partial charge is 0.550 e. The van der Waals surface area contributed by atoms with Crippen LogP contribution in [0.1, 0.15) is 23.2 Å². The van der Waals surface area contributed by atoms with Crippen LogP contribution in [0.25, 0.3) is 0 Å². The second-order valence-corrected chi connectivity index (χ2v) is 4.90. The summed E-state index contributed by atoms with van der Waals surface area (Å²) in [7, 11) is 0. The van der Waals surface area contributed by atoms with Gasteiger partial charge in [0.2, 0.25) is 5.91 Å². The van der Waals surface area contributed by atoms with E-state index < -0.39 is 11.9 Å². The summed E-state index contributed by atoms with van der Waals surface area (Å²) in [5.74, 6) is -1.74. The number of carboxylic acid groups (broad SMARTS) is 1. The minimum absolute atomic E-state index is 0.0712. The van der Waals surface area contributed by atoms with Gasteiger partial charge in [-0.05, 0) is 30.7 Å². The van der Waals surface area contributed by atoms with Crippen LogP contribution in [0.5, 0.6) is 0 Å². The maximum atomic E-state index is 12.2. The Hall–Kier alpha value is -2.41. The summed E-state index contributed by atoms with van der Waals surface area (Å²) in [5, 5.41) is 12.9. The zero-order valence-corrected chi connectivity index (χ0v) is 12.0. The number of nitrogens with one attached hydrogen (secondary N) is 1. The zero-order chi connectivity index (χ0) is 15.9. The lowest BCUT2D eigenvalue weighted by atomic mass is 10.1. The van der Waals surface area contributed by atoms with E-state index in [4.69, 9.17) is 4.74 Å². The molecule has 118 valence electrons. The van der Waals surface area contributed by atoms with Crippen molar-refractivity contribution in [3.8, 4) is 0 Å². The Morgan fingerprint density at radius 1 is 1.09 bits per heavy atom. The molecular weight excluding hydrogens is 288 g/mol. The molecular formula is C15H17N2O5-. The predicted octanol–water partition coefficient (Wildman–Crippen LogP) is -0.372. The summed E-state index contributed by atoms with van der Waals surface area (Å²) in [6.45, 7) is 2.22. The molecule has 7 nitrogen and oxygen atoms in total. The fourth-order valence-electron chi connectivity index (χ4n) is 2.08. The number of carboxylic acids is 1. The topological polar surface area (TPSA) is 98.8 Å². The molecule has 1 aliphatic rings.